The van der Waals surface area contributed by atoms with Crippen molar-refractivity contribution in [2.45, 2.75) is 46.4 Å². The third kappa shape index (κ3) is 4.68. The molecule has 0 saturated carbocycles. The van der Waals surface area contributed by atoms with Crippen LogP contribution < -0.4 is 5.32 Å². The van der Waals surface area contributed by atoms with Gasteiger partial charge in [0.15, 0.2) is 0 Å². The lowest BCUT2D eigenvalue weighted by atomic mass is 9.99. The average molecular weight is 417 g/mol. The van der Waals surface area contributed by atoms with Crippen LogP contribution in [-0.4, -0.2) is 37.9 Å². The second kappa shape index (κ2) is 8.39. The van der Waals surface area contributed by atoms with Crippen molar-refractivity contribution in [3.05, 3.63) is 47.0 Å². The topological polar surface area (TPSA) is 89.3 Å². The monoisotopic (exact) mass is 416 g/mol. The van der Waals surface area contributed by atoms with Crippen molar-refractivity contribution in [3.63, 3.8) is 0 Å². The van der Waals surface area contributed by atoms with Gasteiger partial charge in [0.2, 0.25) is 5.28 Å². The quantitative estimate of drug-likeness (QED) is 0.612. The molecule has 2 N–H and O–H groups in total. The highest BCUT2D eigenvalue weighted by Crippen LogP contribution is 2.36. The highest BCUT2D eigenvalue weighted by atomic mass is 35.5. The number of aliphatic hydroxyl groups is 1. The van der Waals surface area contributed by atoms with Crippen molar-refractivity contribution in [1.29, 1.82) is 0 Å². The number of aromatic nitrogens is 3. The van der Waals surface area contributed by atoms with Crippen LogP contribution in [0.2, 0.25) is 5.28 Å². The fourth-order valence-corrected chi connectivity index (χ4v) is 3.42. The number of aryl methyl sites for hydroxylation is 1. The predicted octanol–water partition coefficient (Wildman–Crippen LogP) is 4.08. The standard InChI is InChI=1S/C21H25ClN4O3/c1-13-7-5-6-8-14(13)17-15-11-24-19(22)25-18(15)26(16(17)12-27)10-9-23-20(28)29-21(2,3)4/h5-8,11,27H,9-10,12H2,1-4H3,(H,23,28). The van der Waals surface area contributed by atoms with E-state index >= 15 is 0 Å². The number of nitrogens with zero attached hydrogens (tertiary/aromatic N) is 3. The lowest BCUT2D eigenvalue weighted by molar-refractivity contribution is 0.0526. The van der Waals surface area contributed by atoms with E-state index in [1.54, 1.807) is 6.20 Å². The van der Waals surface area contributed by atoms with Gasteiger partial charge in [0, 0.05) is 30.2 Å². The SMILES string of the molecule is Cc1ccccc1-c1c(CO)n(CCNC(=O)OC(C)(C)C)c2nc(Cl)ncc12. The third-order valence-electron chi connectivity index (χ3n) is 4.45. The van der Waals surface area contributed by atoms with E-state index in [-0.39, 0.29) is 11.9 Å². The van der Waals surface area contributed by atoms with Crippen LogP contribution in [0.15, 0.2) is 30.5 Å². The molecule has 0 aliphatic carbocycles. The number of carbonyl (C=O) groups excluding carboxylic acids is 1. The molecule has 0 unspecified atom stereocenters. The molecule has 0 aliphatic heterocycles. The Kier molecular flexibility index (Phi) is 6.10. The number of carbonyl (C=O) groups is 1. The van der Waals surface area contributed by atoms with Crippen LogP contribution in [-0.2, 0) is 17.9 Å². The van der Waals surface area contributed by atoms with Crippen LogP contribution >= 0.6 is 11.6 Å². The molecule has 29 heavy (non-hydrogen) atoms. The summed E-state index contributed by atoms with van der Waals surface area (Å²) in [6.07, 6.45) is 1.18. The first kappa shape index (κ1) is 21.1. The van der Waals surface area contributed by atoms with E-state index in [1.165, 1.54) is 0 Å². The molecule has 8 heteroatoms. The van der Waals surface area contributed by atoms with Crippen LogP contribution in [0.25, 0.3) is 22.2 Å². The summed E-state index contributed by atoms with van der Waals surface area (Å²) in [6.45, 7) is 7.95. The van der Waals surface area contributed by atoms with Gasteiger partial charge >= 0.3 is 6.09 Å². The minimum atomic E-state index is -0.570. The fraction of sp³-hybridized carbons (Fsp3) is 0.381. The summed E-state index contributed by atoms with van der Waals surface area (Å²) in [6, 6.07) is 7.93. The van der Waals surface area contributed by atoms with Crippen molar-refractivity contribution in [1.82, 2.24) is 19.9 Å². The predicted molar refractivity (Wildman–Crippen MR) is 113 cm³/mol. The van der Waals surface area contributed by atoms with Gasteiger partial charge in [-0.3, -0.25) is 0 Å². The van der Waals surface area contributed by atoms with Gasteiger partial charge in [-0.2, -0.15) is 4.98 Å². The van der Waals surface area contributed by atoms with Crippen LogP contribution in [0.1, 0.15) is 32.0 Å². The smallest absolute Gasteiger partial charge is 0.407 e. The van der Waals surface area contributed by atoms with Crippen LogP contribution in [0, 0.1) is 6.92 Å². The number of rotatable bonds is 5. The van der Waals surface area contributed by atoms with Gasteiger partial charge in [0.25, 0.3) is 0 Å². The molecule has 2 heterocycles. The molecule has 154 valence electrons. The molecule has 7 nitrogen and oxygen atoms in total. The molecule has 3 rings (SSSR count). The van der Waals surface area contributed by atoms with E-state index in [1.807, 2.05) is 56.5 Å². The summed E-state index contributed by atoms with van der Waals surface area (Å²) in [7, 11) is 0. The van der Waals surface area contributed by atoms with Crippen molar-refractivity contribution in [3.8, 4) is 11.1 Å². The molecule has 0 spiro atoms. The number of alkyl carbamates (subject to hydrolysis) is 1. The molecule has 1 aromatic carbocycles. The van der Waals surface area contributed by atoms with E-state index in [9.17, 15) is 9.90 Å². The lowest BCUT2D eigenvalue weighted by Crippen LogP contribution is -2.34. The highest BCUT2D eigenvalue weighted by Gasteiger charge is 2.21. The first-order valence-electron chi connectivity index (χ1n) is 9.38. The van der Waals surface area contributed by atoms with Gasteiger partial charge < -0.3 is 19.7 Å². The second-order valence-electron chi connectivity index (χ2n) is 7.75. The first-order chi connectivity index (χ1) is 13.7. The molecule has 0 radical (unpaired) electrons. The molecule has 0 bridgehead atoms. The zero-order chi connectivity index (χ0) is 21.2. The summed E-state index contributed by atoms with van der Waals surface area (Å²) in [5.74, 6) is 0. The fourth-order valence-electron chi connectivity index (χ4n) is 3.30. The van der Waals surface area contributed by atoms with E-state index in [0.29, 0.717) is 24.4 Å². The number of nitrogens with one attached hydrogen (secondary N) is 1. The zero-order valence-electron chi connectivity index (χ0n) is 17.0. The number of aliphatic hydroxyl groups excluding tert-OH is 1. The van der Waals surface area contributed by atoms with Crippen molar-refractivity contribution < 1.29 is 14.6 Å². The molecule has 0 fully saturated rings. The number of fused-ring (bicyclic) bond motifs is 1. The van der Waals surface area contributed by atoms with Gasteiger partial charge in [-0.1, -0.05) is 24.3 Å². The normalized spacial score (nSPS) is 11.7. The minimum absolute atomic E-state index is 0.122. The van der Waals surface area contributed by atoms with Gasteiger partial charge in [0.1, 0.15) is 11.2 Å². The van der Waals surface area contributed by atoms with Crippen LogP contribution in [0.4, 0.5) is 4.79 Å². The molecule has 0 atom stereocenters. The summed E-state index contributed by atoms with van der Waals surface area (Å²) in [5, 5.41) is 13.8. The summed E-state index contributed by atoms with van der Waals surface area (Å²) >= 11 is 6.04. The Morgan fingerprint density at radius 2 is 2.03 bits per heavy atom. The Bertz CT molecular complexity index is 1040. The first-order valence-corrected chi connectivity index (χ1v) is 9.76. The second-order valence-corrected chi connectivity index (χ2v) is 8.09. The van der Waals surface area contributed by atoms with Gasteiger partial charge in [-0.25, -0.2) is 9.78 Å². The van der Waals surface area contributed by atoms with Crippen molar-refractivity contribution in [2.24, 2.45) is 0 Å². The minimum Gasteiger partial charge on any atom is -0.444 e. The molecule has 1 amide bonds. The third-order valence-corrected chi connectivity index (χ3v) is 4.63. The number of ether oxygens (including phenoxy) is 1. The number of hydrogen-bond donors (Lipinski definition) is 2. The summed E-state index contributed by atoms with van der Waals surface area (Å²) < 4.78 is 7.14. The maximum absolute atomic E-state index is 12.0. The van der Waals surface area contributed by atoms with E-state index in [0.717, 1.165) is 22.1 Å². The molecule has 3 aromatic rings. The van der Waals surface area contributed by atoms with E-state index in [2.05, 4.69) is 15.3 Å². The average Bonchev–Trinajstić information content (AvgIpc) is 2.93. The molecular formula is C21H25ClN4O3. The highest BCUT2D eigenvalue weighted by molar-refractivity contribution is 6.28. The van der Waals surface area contributed by atoms with Gasteiger partial charge in [0.05, 0.1) is 12.3 Å². The van der Waals surface area contributed by atoms with Gasteiger partial charge in [-0.05, 0) is 50.4 Å². The molecular weight excluding hydrogens is 392 g/mol. The van der Waals surface area contributed by atoms with Gasteiger partial charge in [-0.15, -0.1) is 0 Å². The Labute approximate surface area is 174 Å². The molecule has 2 aromatic heterocycles. The largest absolute Gasteiger partial charge is 0.444 e. The van der Waals surface area contributed by atoms with Crippen molar-refractivity contribution in [2.75, 3.05) is 6.54 Å². The van der Waals surface area contributed by atoms with E-state index < -0.39 is 11.7 Å². The Balaban J connectivity index is 2.00. The number of halogens is 1. The Morgan fingerprint density at radius 1 is 1.31 bits per heavy atom. The maximum Gasteiger partial charge on any atom is 0.407 e. The van der Waals surface area contributed by atoms with E-state index in [4.69, 9.17) is 16.3 Å². The lowest BCUT2D eigenvalue weighted by Gasteiger charge is -2.20. The Hall–Kier alpha value is -2.64. The van der Waals surface area contributed by atoms with Crippen molar-refractivity contribution >= 4 is 28.7 Å². The van der Waals surface area contributed by atoms with Crippen LogP contribution in [0.3, 0.4) is 0 Å². The summed E-state index contributed by atoms with van der Waals surface area (Å²) in [4.78, 5) is 20.5. The maximum atomic E-state index is 12.0. The molecule has 0 aliphatic rings. The molecule has 0 saturated heterocycles. The zero-order valence-corrected chi connectivity index (χ0v) is 17.7. The summed E-state index contributed by atoms with van der Waals surface area (Å²) in [5.41, 5.74) is 3.67. The van der Waals surface area contributed by atoms with Crippen LogP contribution in [0.5, 0.6) is 0 Å². The Morgan fingerprint density at radius 3 is 2.69 bits per heavy atom. The number of amides is 1. The number of benzene rings is 1. The number of hydrogen-bond acceptors (Lipinski definition) is 5.